The maximum atomic E-state index is 10.5. The molecule has 1 aliphatic heterocycles. The lowest BCUT2D eigenvalue weighted by Crippen LogP contribution is -2.00. The highest BCUT2D eigenvalue weighted by molar-refractivity contribution is 8.12. The lowest BCUT2D eigenvalue weighted by atomic mass is 11.0. The minimum Gasteiger partial charge on any atom is -0.330 e. The standard InChI is InChI=1S/C4H7NOS/c1-7-4(6)5-2-3-5/h2-3H2,1H3. The number of amides is 1. The topological polar surface area (TPSA) is 20.1 Å². The Kier molecular flexibility index (Phi) is 1.23. The lowest BCUT2D eigenvalue weighted by molar-refractivity contribution is 0.251. The first-order valence-electron chi connectivity index (χ1n) is 2.17. The first-order valence-corrected chi connectivity index (χ1v) is 3.40. The van der Waals surface area contributed by atoms with Gasteiger partial charge in [0, 0.05) is 13.1 Å². The summed E-state index contributed by atoms with van der Waals surface area (Å²) < 4.78 is 0. The fourth-order valence-electron chi connectivity index (χ4n) is 0.362. The van der Waals surface area contributed by atoms with Gasteiger partial charge >= 0.3 is 0 Å². The molecule has 0 spiro atoms. The molecule has 3 heteroatoms. The number of carbonyl (C=O) groups is 1. The third-order valence-corrected chi connectivity index (χ3v) is 1.49. The lowest BCUT2D eigenvalue weighted by Gasteiger charge is -1.90. The van der Waals surface area contributed by atoms with E-state index in [1.54, 1.807) is 11.2 Å². The average molecular weight is 117 g/mol. The van der Waals surface area contributed by atoms with E-state index in [1.165, 1.54) is 11.8 Å². The van der Waals surface area contributed by atoms with E-state index < -0.39 is 0 Å². The molecule has 0 atom stereocenters. The van der Waals surface area contributed by atoms with Crippen LogP contribution in [-0.2, 0) is 0 Å². The van der Waals surface area contributed by atoms with Crippen LogP contribution in [0.1, 0.15) is 0 Å². The van der Waals surface area contributed by atoms with Crippen LogP contribution in [0.2, 0.25) is 0 Å². The summed E-state index contributed by atoms with van der Waals surface area (Å²) in [6.45, 7) is 1.94. The number of rotatable bonds is 0. The molecule has 7 heavy (non-hydrogen) atoms. The van der Waals surface area contributed by atoms with E-state index in [2.05, 4.69) is 0 Å². The summed E-state index contributed by atoms with van der Waals surface area (Å²) in [7, 11) is 0. The summed E-state index contributed by atoms with van der Waals surface area (Å²) in [5.74, 6) is 0. The Morgan fingerprint density at radius 3 is 2.43 bits per heavy atom. The summed E-state index contributed by atoms with van der Waals surface area (Å²) in [5, 5.41) is 0.208. The van der Waals surface area contributed by atoms with Gasteiger partial charge in [0.1, 0.15) is 0 Å². The molecular weight excluding hydrogens is 110 g/mol. The van der Waals surface area contributed by atoms with Gasteiger partial charge in [-0.2, -0.15) is 0 Å². The van der Waals surface area contributed by atoms with Crippen LogP contribution in [0.3, 0.4) is 0 Å². The Balaban J connectivity index is 2.24. The summed E-state index contributed by atoms with van der Waals surface area (Å²) >= 11 is 1.28. The fourth-order valence-corrected chi connectivity index (χ4v) is 0.802. The van der Waals surface area contributed by atoms with Crippen LogP contribution in [0.25, 0.3) is 0 Å². The largest absolute Gasteiger partial charge is 0.330 e. The molecule has 2 nitrogen and oxygen atoms in total. The smallest absolute Gasteiger partial charge is 0.281 e. The molecule has 1 fully saturated rings. The first kappa shape index (κ1) is 4.97. The normalized spacial score (nSPS) is 17.0. The first-order chi connectivity index (χ1) is 3.34. The van der Waals surface area contributed by atoms with E-state index in [-0.39, 0.29) is 5.24 Å². The molecule has 0 N–H and O–H groups in total. The van der Waals surface area contributed by atoms with Gasteiger partial charge in [0.25, 0.3) is 5.24 Å². The van der Waals surface area contributed by atoms with Crippen LogP contribution < -0.4 is 0 Å². The second-order valence-corrected chi connectivity index (χ2v) is 2.21. The maximum absolute atomic E-state index is 10.5. The minimum atomic E-state index is 0.208. The van der Waals surface area contributed by atoms with Gasteiger partial charge in [-0.05, 0) is 6.26 Å². The molecule has 1 saturated heterocycles. The van der Waals surface area contributed by atoms with Crippen molar-refractivity contribution in [2.75, 3.05) is 19.3 Å². The van der Waals surface area contributed by atoms with Crippen molar-refractivity contribution < 1.29 is 4.79 Å². The van der Waals surface area contributed by atoms with E-state index in [0.717, 1.165) is 13.1 Å². The molecule has 0 unspecified atom stereocenters. The summed E-state index contributed by atoms with van der Waals surface area (Å²) in [6.07, 6.45) is 1.81. The van der Waals surface area contributed by atoms with E-state index in [0.29, 0.717) is 0 Å². The predicted molar refractivity (Wildman–Crippen MR) is 30.5 cm³/mol. The van der Waals surface area contributed by atoms with Gasteiger partial charge in [0.05, 0.1) is 0 Å². The zero-order valence-electron chi connectivity index (χ0n) is 4.18. The van der Waals surface area contributed by atoms with E-state index in [9.17, 15) is 4.79 Å². The van der Waals surface area contributed by atoms with Crippen LogP contribution in [0, 0.1) is 0 Å². The molecule has 0 bridgehead atoms. The average Bonchev–Trinajstić information content (AvgIpc) is 2.44. The van der Waals surface area contributed by atoms with Crippen molar-refractivity contribution >= 4 is 17.0 Å². The molecule has 0 aromatic rings. The van der Waals surface area contributed by atoms with Crippen LogP contribution in [0.15, 0.2) is 0 Å². The molecule has 0 aliphatic carbocycles. The van der Waals surface area contributed by atoms with E-state index in [4.69, 9.17) is 0 Å². The van der Waals surface area contributed by atoms with Crippen molar-refractivity contribution in [1.82, 2.24) is 4.90 Å². The molecule has 0 aromatic heterocycles. The molecule has 40 valence electrons. The summed E-state index contributed by atoms with van der Waals surface area (Å²) in [6, 6.07) is 0. The molecule has 0 aromatic carbocycles. The van der Waals surface area contributed by atoms with Gasteiger partial charge in [0.15, 0.2) is 0 Å². The Labute approximate surface area is 46.9 Å². The highest BCUT2D eigenvalue weighted by atomic mass is 32.2. The Hall–Kier alpha value is -0.180. The molecule has 1 heterocycles. The van der Waals surface area contributed by atoms with E-state index in [1.807, 2.05) is 0 Å². The fraction of sp³-hybridized carbons (Fsp3) is 0.750. The zero-order chi connectivity index (χ0) is 5.28. The van der Waals surface area contributed by atoms with Gasteiger partial charge in [-0.15, -0.1) is 0 Å². The van der Waals surface area contributed by atoms with Gasteiger partial charge in [0.2, 0.25) is 0 Å². The van der Waals surface area contributed by atoms with Crippen molar-refractivity contribution in [2.45, 2.75) is 0 Å². The minimum absolute atomic E-state index is 0.208. The van der Waals surface area contributed by atoms with Gasteiger partial charge < -0.3 is 4.90 Å². The van der Waals surface area contributed by atoms with Crippen LogP contribution in [0.5, 0.6) is 0 Å². The third kappa shape index (κ3) is 1.09. The number of carbonyl (C=O) groups excluding carboxylic acids is 1. The Morgan fingerprint density at radius 1 is 1.71 bits per heavy atom. The van der Waals surface area contributed by atoms with Gasteiger partial charge in [-0.25, -0.2) is 0 Å². The monoisotopic (exact) mass is 117 g/mol. The van der Waals surface area contributed by atoms with Crippen molar-refractivity contribution in [3.63, 3.8) is 0 Å². The maximum Gasteiger partial charge on any atom is 0.281 e. The SMILES string of the molecule is CSC(=O)N1CC1. The molecule has 0 radical (unpaired) electrons. The summed E-state index contributed by atoms with van der Waals surface area (Å²) in [5.41, 5.74) is 0. The van der Waals surface area contributed by atoms with Crippen molar-refractivity contribution in [3.05, 3.63) is 0 Å². The molecular formula is C4H7NOS. The Bertz CT molecular complexity index is 89.7. The van der Waals surface area contributed by atoms with Crippen LogP contribution >= 0.6 is 11.8 Å². The summed E-state index contributed by atoms with van der Waals surface area (Å²) in [4.78, 5) is 12.3. The van der Waals surface area contributed by atoms with Crippen LogP contribution in [-0.4, -0.2) is 29.5 Å². The number of hydrogen-bond donors (Lipinski definition) is 0. The molecule has 1 aliphatic rings. The molecule has 1 rings (SSSR count). The van der Waals surface area contributed by atoms with E-state index >= 15 is 0 Å². The van der Waals surface area contributed by atoms with Crippen molar-refractivity contribution in [2.24, 2.45) is 0 Å². The predicted octanol–water partition coefficient (Wildman–Crippen LogP) is 0.785. The highest BCUT2D eigenvalue weighted by Crippen LogP contribution is 2.11. The quantitative estimate of drug-likeness (QED) is 0.437. The second kappa shape index (κ2) is 1.74. The van der Waals surface area contributed by atoms with Crippen molar-refractivity contribution in [1.29, 1.82) is 0 Å². The Morgan fingerprint density at radius 2 is 2.29 bits per heavy atom. The second-order valence-electron chi connectivity index (χ2n) is 1.46. The number of nitrogens with zero attached hydrogens (tertiary/aromatic N) is 1. The zero-order valence-corrected chi connectivity index (χ0v) is 4.99. The van der Waals surface area contributed by atoms with Crippen molar-refractivity contribution in [3.8, 4) is 0 Å². The third-order valence-electron chi connectivity index (χ3n) is 0.880. The molecule has 0 saturated carbocycles. The number of thioether (sulfide) groups is 1. The van der Waals surface area contributed by atoms with Gasteiger partial charge in [-0.3, -0.25) is 4.79 Å². The van der Waals surface area contributed by atoms with Crippen LogP contribution in [0.4, 0.5) is 4.79 Å². The highest BCUT2D eigenvalue weighted by Gasteiger charge is 2.22. The number of hydrogen-bond acceptors (Lipinski definition) is 2. The van der Waals surface area contributed by atoms with Gasteiger partial charge in [-0.1, -0.05) is 11.8 Å². The molecule has 1 amide bonds.